The van der Waals surface area contributed by atoms with Gasteiger partial charge in [-0.25, -0.2) is 0 Å². The quantitative estimate of drug-likeness (QED) is 0.819. The number of carbonyl (C=O) groups excluding carboxylic acids is 2. The SMILES string of the molecule is CCC1(C)NC(=O)CN(CC(C2CC2)C2CC2)C1=O. The maximum atomic E-state index is 12.6. The molecule has 4 nitrogen and oxygen atoms in total. The number of hydrogen-bond donors (Lipinski definition) is 1. The van der Waals surface area contributed by atoms with Gasteiger partial charge in [0.1, 0.15) is 5.54 Å². The van der Waals surface area contributed by atoms with E-state index in [1.807, 2.05) is 18.7 Å². The van der Waals surface area contributed by atoms with Gasteiger partial charge in [-0.3, -0.25) is 9.59 Å². The van der Waals surface area contributed by atoms with E-state index in [2.05, 4.69) is 5.32 Å². The van der Waals surface area contributed by atoms with Crippen LogP contribution in [-0.4, -0.2) is 35.3 Å². The summed E-state index contributed by atoms with van der Waals surface area (Å²) in [4.78, 5) is 26.2. The molecule has 1 heterocycles. The monoisotopic (exact) mass is 264 g/mol. The Kier molecular flexibility index (Phi) is 3.06. The number of nitrogens with zero attached hydrogens (tertiary/aromatic N) is 1. The fraction of sp³-hybridized carbons (Fsp3) is 0.867. The Morgan fingerprint density at radius 3 is 2.32 bits per heavy atom. The molecular weight excluding hydrogens is 240 g/mol. The van der Waals surface area contributed by atoms with Crippen LogP contribution in [0, 0.1) is 17.8 Å². The van der Waals surface area contributed by atoms with Crippen molar-refractivity contribution < 1.29 is 9.59 Å². The first-order valence-corrected chi connectivity index (χ1v) is 7.64. The van der Waals surface area contributed by atoms with Gasteiger partial charge in [0.2, 0.25) is 11.8 Å². The van der Waals surface area contributed by atoms with Crippen molar-refractivity contribution in [3.63, 3.8) is 0 Å². The Hall–Kier alpha value is -1.06. The van der Waals surface area contributed by atoms with Gasteiger partial charge in [-0.15, -0.1) is 0 Å². The molecule has 19 heavy (non-hydrogen) atoms. The first-order valence-electron chi connectivity index (χ1n) is 7.64. The first kappa shape index (κ1) is 12.9. The fourth-order valence-corrected chi connectivity index (χ4v) is 3.37. The van der Waals surface area contributed by atoms with Crippen LogP contribution in [0.15, 0.2) is 0 Å². The predicted molar refractivity (Wildman–Crippen MR) is 72.4 cm³/mol. The molecule has 0 aromatic carbocycles. The van der Waals surface area contributed by atoms with Gasteiger partial charge in [-0.05, 0) is 56.8 Å². The molecule has 3 fully saturated rings. The Bertz CT molecular complexity index is 389. The predicted octanol–water partition coefficient (Wildman–Crippen LogP) is 1.55. The fourth-order valence-electron chi connectivity index (χ4n) is 3.37. The lowest BCUT2D eigenvalue weighted by atomic mass is 9.91. The number of piperazine rings is 1. The summed E-state index contributed by atoms with van der Waals surface area (Å²) < 4.78 is 0. The smallest absolute Gasteiger partial charge is 0.248 e. The zero-order valence-electron chi connectivity index (χ0n) is 11.9. The third-order valence-corrected chi connectivity index (χ3v) is 5.10. The van der Waals surface area contributed by atoms with E-state index in [-0.39, 0.29) is 18.4 Å². The van der Waals surface area contributed by atoms with Crippen molar-refractivity contribution in [2.75, 3.05) is 13.1 Å². The molecule has 1 atom stereocenters. The van der Waals surface area contributed by atoms with Crippen LogP contribution in [-0.2, 0) is 9.59 Å². The average molecular weight is 264 g/mol. The summed E-state index contributed by atoms with van der Waals surface area (Å²) in [5, 5.41) is 2.85. The standard InChI is InChI=1S/C15H24N2O2/c1-3-15(2)14(19)17(9-13(18)16-15)8-12(10-4-5-10)11-6-7-11/h10-12H,3-9H2,1-2H3,(H,16,18). The van der Waals surface area contributed by atoms with E-state index in [1.54, 1.807) is 0 Å². The van der Waals surface area contributed by atoms with Crippen LogP contribution in [0.3, 0.4) is 0 Å². The zero-order valence-corrected chi connectivity index (χ0v) is 11.9. The second kappa shape index (κ2) is 4.50. The van der Waals surface area contributed by atoms with Gasteiger partial charge >= 0.3 is 0 Å². The second-order valence-electron chi connectivity index (χ2n) is 6.76. The third kappa shape index (κ3) is 2.49. The van der Waals surface area contributed by atoms with Gasteiger partial charge < -0.3 is 10.2 Å². The minimum absolute atomic E-state index is 0.00528. The summed E-state index contributed by atoms with van der Waals surface area (Å²) in [7, 11) is 0. The molecule has 2 aliphatic carbocycles. The summed E-state index contributed by atoms with van der Waals surface area (Å²) in [6.45, 7) is 4.87. The average Bonchev–Trinajstić information content (AvgIpc) is 3.25. The number of nitrogens with one attached hydrogen (secondary N) is 1. The molecule has 0 aromatic rings. The highest BCUT2D eigenvalue weighted by Gasteiger charge is 2.46. The van der Waals surface area contributed by atoms with Crippen molar-refractivity contribution in [2.45, 2.75) is 51.5 Å². The molecule has 2 amide bonds. The summed E-state index contributed by atoms with van der Waals surface area (Å²) >= 11 is 0. The minimum atomic E-state index is -0.688. The van der Waals surface area contributed by atoms with E-state index in [0.717, 1.165) is 18.4 Å². The molecule has 0 bridgehead atoms. The van der Waals surface area contributed by atoms with Gasteiger partial charge in [0.15, 0.2) is 0 Å². The maximum absolute atomic E-state index is 12.6. The molecule has 106 valence electrons. The van der Waals surface area contributed by atoms with Gasteiger partial charge in [-0.2, -0.15) is 0 Å². The highest BCUT2D eigenvalue weighted by Crippen LogP contribution is 2.49. The molecule has 1 saturated heterocycles. The molecule has 0 spiro atoms. The minimum Gasteiger partial charge on any atom is -0.340 e. The van der Waals surface area contributed by atoms with Gasteiger partial charge in [-0.1, -0.05) is 6.92 Å². The molecule has 1 N–H and O–H groups in total. The third-order valence-electron chi connectivity index (χ3n) is 5.10. The van der Waals surface area contributed by atoms with E-state index >= 15 is 0 Å². The van der Waals surface area contributed by atoms with Gasteiger partial charge in [0, 0.05) is 6.54 Å². The molecule has 2 saturated carbocycles. The molecular formula is C15H24N2O2. The van der Waals surface area contributed by atoms with E-state index in [4.69, 9.17) is 0 Å². The maximum Gasteiger partial charge on any atom is 0.248 e. The van der Waals surface area contributed by atoms with Crippen LogP contribution in [0.1, 0.15) is 46.0 Å². The highest BCUT2D eigenvalue weighted by atomic mass is 16.2. The van der Waals surface area contributed by atoms with E-state index < -0.39 is 5.54 Å². The van der Waals surface area contributed by atoms with Crippen molar-refractivity contribution >= 4 is 11.8 Å². The van der Waals surface area contributed by atoms with Crippen LogP contribution < -0.4 is 5.32 Å². The largest absolute Gasteiger partial charge is 0.340 e. The number of hydrogen-bond acceptors (Lipinski definition) is 2. The summed E-state index contributed by atoms with van der Waals surface area (Å²) in [5.41, 5.74) is -0.688. The van der Waals surface area contributed by atoms with Crippen LogP contribution >= 0.6 is 0 Å². The Labute approximate surface area is 114 Å². The van der Waals surface area contributed by atoms with Crippen LogP contribution in [0.25, 0.3) is 0 Å². The molecule has 0 radical (unpaired) electrons. The van der Waals surface area contributed by atoms with Crippen molar-refractivity contribution in [3.05, 3.63) is 0 Å². The molecule has 1 unspecified atom stereocenters. The van der Waals surface area contributed by atoms with Crippen molar-refractivity contribution in [1.82, 2.24) is 10.2 Å². The van der Waals surface area contributed by atoms with E-state index in [0.29, 0.717) is 12.3 Å². The zero-order chi connectivity index (χ0) is 13.6. The van der Waals surface area contributed by atoms with Crippen molar-refractivity contribution in [1.29, 1.82) is 0 Å². The molecule has 3 rings (SSSR count). The normalized spacial score (nSPS) is 31.8. The number of rotatable bonds is 5. The van der Waals surface area contributed by atoms with Crippen LogP contribution in [0.2, 0.25) is 0 Å². The highest BCUT2D eigenvalue weighted by molar-refractivity contribution is 5.97. The van der Waals surface area contributed by atoms with E-state index in [9.17, 15) is 9.59 Å². The Balaban J connectivity index is 1.71. The second-order valence-corrected chi connectivity index (χ2v) is 6.76. The summed E-state index contributed by atoms with van der Waals surface area (Å²) in [6, 6.07) is 0. The lowest BCUT2D eigenvalue weighted by Crippen LogP contribution is -2.65. The number of amides is 2. The van der Waals surface area contributed by atoms with Crippen molar-refractivity contribution in [2.24, 2.45) is 17.8 Å². The molecule has 4 heteroatoms. The van der Waals surface area contributed by atoms with Crippen molar-refractivity contribution in [3.8, 4) is 0 Å². The summed E-state index contributed by atoms with van der Waals surface area (Å²) in [5.74, 6) is 2.39. The van der Waals surface area contributed by atoms with Gasteiger partial charge in [0.05, 0.1) is 6.54 Å². The molecule has 0 aromatic heterocycles. The Morgan fingerprint density at radius 1 is 1.26 bits per heavy atom. The lowest BCUT2D eigenvalue weighted by molar-refractivity contribution is -0.150. The number of carbonyl (C=O) groups is 2. The molecule has 3 aliphatic rings. The van der Waals surface area contributed by atoms with Gasteiger partial charge in [0.25, 0.3) is 0 Å². The van der Waals surface area contributed by atoms with E-state index in [1.165, 1.54) is 25.7 Å². The lowest BCUT2D eigenvalue weighted by Gasteiger charge is -2.40. The van der Waals surface area contributed by atoms with Crippen LogP contribution in [0.4, 0.5) is 0 Å². The summed E-state index contributed by atoms with van der Waals surface area (Å²) in [6.07, 6.45) is 5.94. The topological polar surface area (TPSA) is 49.4 Å². The van der Waals surface area contributed by atoms with Crippen LogP contribution in [0.5, 0.6) is 0 Å². The first-order chi connectivity index (χ1) is 9.03. The molecule has 1 aliphatic heterocycles. The Morgan fingerprint density at radius 2 is 1.84 bits per heavy atom.